The second-order valence-electron chi connectivity index (χ2n) is 9.50. The van der Waals surface area contributed by atoms with Crippen LogP contribution in [0, 0.1) is 0 Å². The Morgan fingerprint density at radius 2 is 2.00 bits per heavy atom. The first-order valence-corrected chi connectivity index (χ1v) is 13.4. The zero-order chi connectivity index (χ0) is 28.8. The zero-order valence-corrected chi connectivity index (χ0v) is 23.5. The molecule has 1 aliphatic heterocycles. The first-order chi connectivity index (χ1) is 19.2. The molecule has 3 aromatic rings. The largest absolute Gasteiger partial charge is 0.494 e. The van der Waals surface area contributed by atoms with E-state index in [1.807, 2.05) is 44.3 Å². The SMILES string of the molecule is C=C/C(C)=C(/C)C(=C)OCCCC(=O)N1CCOc2c(-c3cnn(Cc4cccc(C(N)=O)c4Cl)c3)cccc21. The summed E-state index contributed by atoms with van der Waals surface area (Å²) >= 11 is 6.39. The third-order valence-corrected chi connectivity index (χ3v) is 7.34. The van der Waals surface area contributed by atoms with E-state index in [9.17, 15) is 9.59 Å². The van der Waals surface area contributed by atoms with Gasteiger partial charge in [-0.15, -0.1) is 0 Å². The van der Waals surface area contributed by atoms with Crippen molar-refractivity contribution in [1.29, 1.82) is 0 Å². The van der Waals surface area contributed by atoms with E-state index < -0.39 is 5.91 Å². The number of aromatic nitrogens is 2. The Bertz CT molecular complexity index is 1490. The quantitative estimate of drug-likeness (QED) is 0.178. The number of hydrogen-bond acceptors (Lipinski definition) is 5. The molecule has 9 heteroatoms. The third kappa shape index (κ3) is 6.29. The number of carbonyl (C=O) groups is 2. The van der Waals surface area contributed by atoms with Crippen molar-refractivity contribution >= 4 is 29.1 Å². The molecule has 0 unspecified atom stereocenters. The van der Waals surface area contributed by atoms with Crippen LogP contribution in [0.4, 0.5) is 5.69 Å². The molecule has 8 nitrogen and oxygen atoms in total. The number of allylic oxidation sites excluding steroid dienone is 3. The molecule has 2 heterocycles. The second-order valence-corrected chi connectivity index (χ2v) is 9.88. The number of halogens is 1. The van der Waals surface area contributed by atoms with E-state index in [1.54, 1.807) is 34.0 Å². The van der Waals surface area contributed by atoms with Crippen LogP contribution in [0.2, 0.25) is 5.02 Å². The Hall–Kier alpha value is -4.30. The van der Waals surface area contributed by atoms with E-state index in [4.69, 9.17) is 26.8 Å². The Morgan fingerprint density at radius 3 is 2.75 bits per heavy atom. The van der Waals surface area contributed by atoms with Crippen LogP contribution in [0.15, 0.2) is 84.9 Å². The van der Waals surface area contributed by atoms with Crippen LogP contribution in [0.5, 0.6) is 5.75 Å². The highest BCUT2D eigenvalue weighted by atomic mass is 35.5. The molecular weight excluding hydrogens is 528 g/mol. The van der Waals surface area contributed by atoms with E-state index in [-0.39, 0.29) is 11.5 Å². The molecule has 2 amide bonds. The van der Waals surface area contributed by atoms with Gasteiger partial charge in [0, 0.05) is 23.7 Å². The lowest BCUT2D eigenvalue weighted by atomic mass is 10.1. The van der Waals surface area contributed by atoms with Gasteiger partial charge in [0.1, 0.15) is 12.4 Å². The van der Waals surface area contributed by atoms with Crippen molar-refractivity contribution in [3.63, 3.8) is 0 Å². The predicted octanol–water partition coefficient (Wildman–Crippen LogP) is 5.91. The van der Waals surface area contributed by atoms with Crippen LogP contribution in [-0.2, 0) is 16.1 Å². The Labute approximate surface area is 239 Å². The normalized spacial score (nSPS) is 13.1. The summed E-state index contributed by atoms with van der Waals surface area (Å²) in [5.74, 6) is 0.657. The maximum absolute atomic E-state index is 13.2. The van der Waals surface area contributed by atoms with Crippen molar-refractivity contribution in [3.8, 4) is 16.9 Å². The molecule has 1 aliphatic rings. The number of amides is 2. The van der Waals surface area contributed by atoms with E-state index >= 15 is 0 Å². The van der Waals surface area contributed by atoms with E-state index in [0.29, 0.717) is 55.7 Å². The lowest BCUT2D eigenvalue weighted by molar-refractivity contribution is -0.119. The molecule has 4 rings (SSSR count). The molecule has 2 N–H and O–H groups in total. The molecule has 2 aromatic carbocycles. The fraction of sp³-hybridized carbons (Fsp3) is 0.258. The van der Waals surface area contributed by atoms with E-state index in [2.05, 4.69) is 18.3 Å². The maximum Gasteiger partial charge on any atom is 0.250 e. The number of rotatable bonds is 11. The third-order valence-electron chi connectivity index (χ3n) is 6.90. The second kappa shape index (κ2) is 12.7. The number of para-hydroxylation sites is 1. The molecule has 40 heavy (non-hydrogen) atoms. The van der Waals surface area contributed by atoms with Gasteiger partial charge in [-0.2, -0.15) is 5.10 Å². The van der Waals surface area contributed by atoms with Crippen molar-refractivity contribution in [3.05, 3.63) is 101 Å². The minimum atomic E-state index is -0.580. The Balaban J connectivity index is 1.45. The lowest BCUT2D eigenvalue weighted by Gasteiger charge is -2.31. The first kappa shape index (κ1) is 28.7. The fourth-order valence-electron chi connectivity index (χ4n) is 4.43. The van der Waals surface area contributed by atoms with Gasteiger partial charge in [0.15, 0.2) is 5.75 Å². The van der Waals surface area contributed by atoms with Crippen LogP contribution in [0.1, 0.15) is 42.6 Å². The standard InChI is InChI=1S/C31H33ClN4O4/c1-5-20(2)21(3)22(4)39-15-8-13-28(37)36-14-16-40-30-25(10-7-12-27(30)36)24-17-34-35(19-24)18-23-9-6-11-26(29(23)32)31(33)38/h5-7,9-12,17,19H,1,4,8,13-16,18H2,2-3H3,(H2,33,38)/b21-20-. The van der Waals surface area contributed by atoms with Crippen molar-refractivity contribution < 1.29 is 19.1 Å². The van der Waals surface area contributed by atoms with Gasteiger partial charge in [-0.3, -0.25) is 14.3 Å². The van der Waals surface area contributed by atoms with Crippen LogP contribution in [0.3, 0.4) is 0 Å². The summed E-state index contributed by atoms with van der Waals surface area (Å²) in [5.41, 5.74) is 10.8. The van der Waals surface area contributed by atoms with E-state index in [1.165, 1.54) is 0 Å². The summed E-state index contributed by atoms with van der Waals surface area (Å²) in [5, 5.41) is 4.79. The minimum Gasteiger partial charge on any atom is -0.494 e. The molecular formula is C31H33ClN4O4. The average molecular weight is 561 g/mol. The van der Waals surface area contributed by atoms with E-state index in [0.717, 1.165) is 33.5 Å². The maximum atomic E-state index is 13.2. The minimum absolute atomic E-state index is 0.00474. The van der Waals surface area contributed by atoms with Gasteiger partial charge in [-0.25, -0.2) is 0 Å². The van der Waals surface area contributed by atoms with Gasteiger partial charge in [-0.1, -0.05) is 55.1 Å². The van der Waals surface area contributed by atoms with Crippen LogP contribution in [0.25, 0.3) is 11.1 Å². The highest BCUT2D eigenvalue weighted by Crippen LogP contribution is 2.41. The number of carbonyl (C=O) groups excluding carboxylic acids is 2. The molecule has 0 bridgehead atoms. The summed E-state index contributed by atoms with van der Waals surface area (Å²) in [4.78, 5) is 26.6. The smallest absolute Gasteiger partial charge is 0.250 e. The molecule has 0 saturated carbocycles. The molecule has 0 aliphatic carbocycles. The molecule has 0 spiro atoms. The monoisotopic (exact) mass is 560 g/mol. The average Bonchev–Trinajstić information content (AvgIpc) is 3.42. The number of ether oxygens (including phenoxy) is 2. The highest BCUT2D eigenvalue weighted by molar-refractivity contribution is 6.34. The van der Waals surface area contributed by atoms with Gasteiger partial charge in [0.05, 0.1) is 42.2 Å². The summed E-state index contributed by atoms with van der Waals surface area (Å²) in [7, 11) is 0. The molecule has 208 valence electrons. The summed E-state index contributed by atoms with van der Waals surface area (Å²) in [6, 6.07) is 10.9. The number of anilines is 1. The van der Waals surface area contributed by atoms with Gasteiger partial charge in [-0.05, 0) is 49.1 Å². The fourth-order valence-corrected chi connectivity index (χ4v) is 4.70. The Kier molecular flexibility index (Phi) is 9.11. The van der Waals surface area contributed by atoms with Crippen LogP contribution >= 0.6 is 11.6 Å². The van der Waals surface area contributed by atoms with Gasteiger partial charge in [0.25, 0.3) is 0 Å². The number of fused-ring (bicyclic) bond motifs is 1. The molecule has 0 atom stereocenters. The van der Waals surface area contributed by atoms with Crippen LogP contribution < -0.4 is 15.4 Å². The molecule has 0 radical (unpaired) electrons. The van der Waals surface area contributed by atoms with Crippen molar-refractivity contribution in [2.75, 3.05) is 24.7 Å². The van der Waals surface area contributed by atoms with Crippen molar-refractivity contribution in [2.24, 2.45) is 5.73 Å². The Morgan fingerprint density at radius 1 is 1.23 bits per heavy atom. The molecule has 0 fully saturated rings. The van der Waals surface area contributed by atoms with Gasteiger partial charge < -0.3 is 20.1 Å². The summed E-state index contributed by atoms with van der Waals surface area (Å²) < 4.78 is 13.5. The van der Waals surface area contributed by atoms with Crippen molar-refractivity contribution in [1.82, 2.24) is 9.78 Å². The molecule has 0 saturated heterocycles. The van der Waals surface area contributed by atoms with Crippen molar-refractivity contribution in [2.45, 2.75) is 33.2 Å². The number of benzene rings is 2. The summed E-state index contributed by atoms with van der Waals surface area (Å²) in [6.45, 7) is 13.2. The van der Waals surface area contributed by atoms with Gasteiger partial charge in [0.2, 0.25) is 11.8 Å². The first-order valence-electron chi connectivity index (χ1n) is 13.0. The highest BCUT2D eigenvalue weighted by Gasteiger charge is 2.26. The number of primary amides is 1. The molecule has 1 aromatic heterocycles. The predicted molar refractivity (Wildman–Crippen MR) is 157 cm³/mol. The van der Waals surface area contributed by atoms with Crippen LogP contribution in [-0.4, -0.2) is 41.4 Å². The number of nitrogens with two attached hydrogens (primary N) is 1. The topological polar surface area (TPSA) is 99.7 Å². The lowest BCUT2D eigenvalue weighted by Crippen LogP contribution is -2.38. The summed E-state index contributed by atoms with van der Waals surface area (Å²) in [6.07, 6.45) is 6.28. The zero-order valence-electron chi connectivity index (χ0n) is 22.8. The van der Waals surface area contributed by atoms with Gasteiger partial charge >= 0.3 is 0 Å². The number of nitrogens with zero attached hydrogens (tertiary/aromatic N) is 3. The number of hydrogen-bond donors (Lipinski definition) is 1.